The zero-order valence-electron chi connectivity index (χ0n) is 24.1. The number of ether oxygens (including phenoxy) is 1. The van der Waals surface area contributed by atoms with E-state index >= 15 is 0 Å². The van der Waals surface area contributed by atoms with Gasteiger partial charge < -0.3 is 25.2 Å². The molecule has 0 aliphatic heterocycles. The Morgan fingerprint density at radius 2 is 1.38 bits per heavy atom. The molecular formula is C33H42N2O5. The smallest absolute Gasteiger partial charge is 0.407 e. The molecule has 0 saturated carbocycles. The van der Waals surface area contributed by atoms with E-state index < -0.39 is 29.8 Å². The van der Waals surface area contributed by atoms with Gasteiger partial charge in [0.15, 0.2) is 6.61 Å². The fraction of sp³-hybridized carbons (Fsp3) is 0.394. The number of aliphatic hydroxyl groups is 1. The average molecular weight is 547 g/mol. The maximum absolute atomic E-state index is 13.1. The number of carboxylic acid groups (broad SMARTS) is 1. The summed E-state index contributed by atoms with van der Waals surface area (Å²) in [5, 5.41) is 24.7. The summed E-state index contributed by atoms with van der Waals surface area (Å²) in [6.45, 7) is 9.20. The summed E-state index contributed by atoms with van der Waals surface area (Å²) in [6.07, 6.45) is -1.09. The molecule has 0 fully saturated rings. The summed E-state index contributed by atoms with van der Waals surface area (Å²) in [5.74, 6) is 0.316. The lowest BCUT2D eigenvalue weighted by Gasteiger charge is -2.41. The van der Waals surface area contributed by atoms with Crippen LogP contribution >= 0.6 is 0 Å². The molecule has 2 amide bonds. The molecule has 0 unspecified atom stereocenters. The number of benzene rings is 3. The van der Waals surface area contributed by atoms with Crippen molar-refractivity contribution in [2.24, 2.45) is 0 Å². The summed E-state index contributed by atoms with van der Waals surface area (Å²) >= 11 is 0. The minimum Gasteiger partial charge on any atom is -0.483 e. The third-order valence-electron chi connectivity index (χ3n) is 6.99. The summed E-state index contributed by atoms with van der Waals surface area (Å²) in [6, 6.07) is 23.9. The predicted molar refractivity (Wildman–Crippen MR) is 158 cm³/mol. The molecule has 3 atom stereocenters. The van der Waals surface area contributed by atoms with Gasteiger partial charge in [-0.15, -0.1) is 0 Å². The van der Waals surface area contributed by atoms with Crippen molar-refractivity contribution in [1.29, 1.82) is 0 Å². The number of nitrogens with one attached hydrogen (secondary N) is 1. The van der Waals surface area contributed by atoms with Crippen LogP contribution in [0.5, 0.6) is 5.75 Å². The number of nitrogens with zero attached hydrogens (tertiary/aromatic N) is 1. The number of amides is 2. The quantitative estimate of drug-likeness (QED) is 0.277. The normalized spacial score (nSPS) is 13.7. The van der Waals surface area contributed by atoms with Gasteiger partial charge in [0.05, 0.1) is 12.1 Å². The molecule has 0 aliphatic carbocycles. The number of carbonyl (C=O) groups is 2. The van der Waals surface area contributed by atoms with Crippen LogP contribution in [-0.2, 0) is 17.6 Å². The van der Waals surface area contributed by atoms with Crippen molar-refractivity contribution in [2.45, 2.75) is 77.6 Å². The van der Waals surface area contributed by atoms with E-state index in [1.54, 1.807) is 0 Å². The maximum atomic E-state index is 13.1. The molecule has 0 aliphatic rings. The molecule has 0 heterocycles. The molecule has 0 aromatic heterocycles. The standard InChI is InChI=1S/C33H42N2O5/c1-23-13-12-14-24(2)31(23)40-22-30(37)34-28(20-26-17-10-7-11-18-26)29(36)21-27(19-25-15-8-6-9-16-25)35(32(38)39)33(3,4)5/h6-18,27-29,36H,19-22H2,1-5H3,(H,34,37)(H,38,39)/t27-,28-,29-/m0/s1. The third kappa shape index (κ3) is 8.85. The van der Waals surface area contributed by atoms with E-state index in [1.165, 1.54) is 4.90 Å². The van der Waals surface area contributed by atoms with Crippen LogP contribution in [0, 0.1) is 13.8 Å². The number of hydrogen-bond donors (Lipinski definition) is 3. The van der Waals surface area contributed by atoms with Gasteiger partial charge in [-0.25, -0.2) is 4.79 Å². The monoisotopic (exact) mass is 546 g/mol. The van der Waals surface area contributed by atoms with Crippen molar-refractivity contribution in [2.75, 3.05) is 6.61 Å². The van der Waals surface area contributed by atoms with Gasteiger partial charge in [-0.2, -0.15) is 0 Å². The molecule has 3 N–H and O–H groups in total. The average Bonchev–Trinajstić information content (AvgIpc) is 2.88. The predicted octanol–water partition coefficient (Wildman–Crippen LogP) is 5.55. The van der Waals surface area contributed by atoms with Crippen LogP contribution in [-0.4, -0.2) is 57.4 Å². The van der Waals surface area contributed by atoms with Crippen LogP contribution in [0.3, 0.4) is 0 Å². The first-order valence-electron chi connectivity index (χ1n) is 13.7. The van der Waals surface area contributed by atoms with Crippen LogP contribution in [0.2, 0.25) is 0 Å². The highest BCUT2D eigenvalue weighted by Gasteiger charge is 2.36. The van der Waals surface area contributed by atoms with Crippen molar-refractivity contribution in [3.8, 4) is 5.75 Å². The van der Waals surface area contributed by atoms with Gasteiger partial charge in [-0.1, -0.05) is 78.9 Å². The minimum absolute atomic E-state index is 0.147. The van der Waals surface area contributed by atoms with Crippen molar-refractivity contribution in [1.82, 2.24) is 10.2 Å². The molecule has 7 nitrogen and oxygen atoms in total. The topological polar surface area (TPSA) is 99.1 Å². The fourth-order valence-electron chi connectivity index (χ4n) is 5.16. The molecular weight excluding hydrogens is 504 g/mol. The Balaban J connectivity index is 1.83. The van der Waals surface area contributed by atoms with Crippen LogP contribution in [0.15, 0.2) is 78.9 Å². The van der Waals surface area contributed by atoms with Gasteiger partial charge in [0, 0.05) is 11.6 Å². The number of aliphatic hydroxyl groups excluding tert-OH is 1. The van der Waals surface area contributed by atoms with E-state index in [0.717, 1.165) is 22.3 Å². The minimum atomic E-state index is -1.05. The first kappa shape index (κ1) is 30.7. The van der Waals surface area contributed by atoms with Crippen LogP contribution < -0.4 is 10.1 Å². The molecule has 7 heteroatoms. The Kier molecular flexibility index (Phi) is 10.7. The van der Waals surface area contributed by atoms with E-state index in [4.69, 9.17) is 4.74 Å². The highest BCUT2D eigenvalue weighted by molar-refractivity contribution is 5.78. The second kappa shape index (κ2) is 14.0. The zero-order chi connectivity index (χ0) is 29.3. The van der Waals surface area contributed by atoms with Gasteiger partial charge in [-0.3, -0.25) is 4.79 Å². The summed E-state index contributed by atoms with van der Waals surface area (Å²) in [7, 11) is 0. The Morgan fingerprint density at radius 3 is 1.88 bits per heavy atom. The zero-order valence-corrected chi connectivity index (χ0v) is 24.1. The van der Waals surface area contributed by atoms with Crippen molar-refractivity contribution in [3.63, 3.8) is 0 Å². The Labute approximate surface area is 237 Å². The summed E-state index contributed by atoms with van der Waals surface area (Å²) in [5.41, 5.74) is 3.11. The molecule has 3 aromatic carbocycles. The number of aryl methyl sites for hydroxylation is 2. The molecule has 3 aromatic rings. The lowest BCUT2D eigenvalue weighted by molar-refractivity contribution is -0.124. The Hall–Kier alpha value is -3.84. The summed E-state index contributed by atoms with van der Waals surface area (Å²) in [4.78, 5) is 26.9. The molecule has 0 saturated heterocycles. The third-order valence-corrected chi connectivity index (χ3v) is 6.99. The van der Waals surface area contributed by atoms with Gasteiger partial charge in [0.2, 0.25) is 0 Å². The van der Waals surface area contributed by atoms with Gasteiger partial charge in [-0.05, 0) is 76.1 Å². The van der Waals surface area contributed by atoms with Crippen molar-refractivity contribution in [3.05, 3.63) is 101 Å². The number of para-hydroxylation sites is 1. The van der Waals surface area contributed by atoms with Crippen LogP contribution in [0.4, 0.5) is 4.79 Å². The summed E-state index contributed by atoms with van der Waals surface area (Å²) < 4.78 is 5.86. The fourth-order valence-corrected chi connectivity index (χ4v) is 5.16. The van der Waals surface area contributed by atoms with Crippen LogP contribution in [0.1, 0.15) is 49.4 Å². The van der Waals surface area contributed by atoms with E-state index in [0.29, 0.717) is 18.6 Å². The highest BCUT2D eigenvalue weighted by Crippen LogP contribution is 2.25. The molecule has 214 valence electrons. The van der Waals surface area contributed by atoms with E-state index in [9.17, 15) is 19.8 Å². The second-order valence-corrected chi connectivity index (χ2v) is 11.3. The molecule has 0 spiro atoms. The van der Waals surface area contributed by atoms with E-state index in [-0.39, 0.29) is 18.9 Å². The molecule has 0 bridgehead atoms. The molecule has 40 heavy (non-hydrogen) atoms. The number of carbonyl (C=O) groups excluding carboxylic acids is 1. The lowest BCUT2D eigenvalue weighted by atomic mass is 9.90. The first-order valence-corrected chi connectivity index (χ1v) is 13.7. The molecule has 0 radical (unpaired) electrons. The molecule has 3 rings (SSSR count). The lowest BCUT2D eigenvalue weighted by Crippen LogP contribution is -2.55. The number of rotatable bonds is 12. The van der Waals surface area contributed by atoms with E-state index in [1.807, 2.05) is 113 Å². The van der Waals surface area contributed by atoms with Gasteiger partial charge >= 0.3 is 6.09 Å². The van der Waals surface area contributed by atoms with E-state index in [2.05, 4.69) is 5.32 Å². The van der Waals surface area contributed by atoms with Crippen molar-refractivity contribution >= 4 is 12.0 Å². The Morgan fingerprint density at radius 1 is 0.850 bits per heavy atom. The van der Waals surface area contributed by atoms with Crippen molar-refractivity contribution < 1.29 is 24.5 Å². The maximum Gasteiger partial charge on any atom is 0.407 e. The SMILES string of the molecule is Cc1cccc(C)c1OCC(=O)N[C@@H](Cc1ccccc1)[C@@H](O)C[C@H](Cc1ccccc1)N(C(=O)O)C(C)(C)C. The first-order chi connectivity index (χ1) is 19.0. The van der Waals surface area contributed by atoms with Crippen LogP contribution in [0.25, 0.3) is 0 Å². The largest absolute Gasteiger partial charge is 0.483 e. The van der Waals surface area contributed by atoms with Gasteiger partial charge in [0.25, 0.3) is 5.91 Å². The van der Waals surface area contributed by atoms with Gasteiger partial charge in [0.1, 0.15) is 5.75 Å². The number of hydrogen-bond acceptors (Lipinski definition) is 4. The highest BCUT2D eigenvalue weighted by atomic mass is 16.5. The Bertz CT molecular complexity index is 1220. The second-order valence-electron chi connectivity index (χ2n) is 11.3.